The van der Waals surface area contributed by atoms with E-state index in [1.807, 2.05) is 13.0 Å². The summed E-state index contributed by atoms with van der Waals surface area (Å²) in [5.74, 6) is -0.354. The minimum Gasteiger partial charge on any atom is -0.332 e. The van der Waals surface area contributed by atoms with E-state index in [1.54, 1.807) is 23.1 Å². The Labute approximate surface area is 160 Å². The van der Waals surface area contributed by atoms with Crippen LogP contribution in [0.5, 0.6) is 0 Å². The molecule has 0 radical (unpaired) electrons. The van der Waals surface area contributed by atoms with Gasteiger partial charge in [-0.05, 0) is 36.8 Å². The molecule has 142 valence electrons. The lowest BCUT2D eigenvalue weighted by atomic mass is 10.0. The monoisotopic (exact) mass is 389 g/mol. The highest BCUT2D eigenvalue weighted by atomic mass is 32.2. The van der Waals surface area contributed by atoms with Gasteiger partial charge in [-0.1, -0.05) is 12.1 Å². The molecule has 1 amide bonds. The van der Waals surface area contributed by atoms with Gasteiger partial charge in [0.1, 0.15) is 5.82 Å². The number of hydrogen-bond donors (Lipinski definition) is 1. The average Bonchev–Trinajstić information content (AvgIpc) is 2.67. The highest BCUT2D eigenvalue weighted by Gasteiger charge is 2.31. The minimum atomic E-state index is -0.451. The Hall–Kier alpha value is -2.45. The Bertz CT molecular complexity index is 831. The summed E-state index contributed by atoms with van der Waals surface area (Å²) in [7, 11) is 0. The Morgan fingerprint density at radius 3 is 2.74 bits per heavy atom. The van der Waals surface area contributed by atoms with Gasteiger partial charge in [0.2, 0.25) is 5.91 Å². The Morgan fingerprint density at radius 1 is 1.33 bits per heavy atom. The molecule has 1 aliphatic heterocycles. The fourth-order valence-corrected chi connectivity index (χ4v) is 4.05. The first-order valence-electron chi connectivity index (χ1n) is 8.63. The molecule has 1 fully saturated rings. The number of halogens is 1. The van der Waals surface area contributed by atoms with Gasteiger partial charge in [-0.15, -0.1) is 11.8 Å². The van der Waals surface area contributed by atoms with Crippen LogP contribution in [-0.2, 0) is 4.79 Å². The lowest BCUT2D eigenvalue weighted by Gasteiger charge is -2.38. The number of thioether (sulfide) groups is 1. The number of piperazine rings is 1. The summed E-state index contributed by atoms with van der Waals surface area (Å²) in [5, 5.41) is 13.6. The summed E-state index contributed by atoms with van der Waals surface area (Å²) < 4.78 is 13.6. The minimum absolute atomic E-state index is 0.0200. The van der Waals surface area contributed by atoms with Crippen LogP contribution in [0.4, 0.5) is 10.1 Å². The standard InChI is InChI=1S/C19H20FN3O3S/c1-13(27-17-7-5-16(6-8-17)23(25)26)19(24)22-10-9-21-12-18(22)14-3-2-4-15(20)11-14/h2-8,11,13,18,21H,9-10,12H2,1H3. The number of carbonyl (C=O) groups is 1. The predicted molar refractivity (Wildman–Crippen MR) is 102 cm³/mol. The smallest absolute Gasteiger partial charge is 0.269 e. The lowest BCUT2D eigenvalue weighted by molar-refractivity contribution is -0.384. The second-order valence-electron chi connectivity index (χ2n) is 6.32. The van der Waals surface area contributed by atoms with Crippen LogP contribution in [-0.4, -0.2) is 40.6 Å². The summed E-state index contributed by atoms with van der Waals surface area (Å²) in [6.07, 6.45) is 0. The zero-order valence-corrected chi connectivity index (χ0v) is 15.6. The van der Waals surface area contributed by atoms with Crippen LogP contribution in [0.25, 0.3) is 0 Å². The van der Waals surface area contributed by atoms with E-state index in [0.717, 1.165) is 10.5 Å². The molecule has 1 N–H and O–H groups in total. The molecule has 2 unspecified atom stereocenters. The molecule has 0 aliphatic carbocycles. The van der Waals surface area contributed by atoms with Gasteiger partial charge in [-0.25, -0.2) is 4.39 Å². The molecule has 2 aromatic rings. The highest BCUT2D eigenvalue weighted by Crippen LogP contribution is 2.30. The average molecular weight is 389 g/mol. The molecule has 27 heavy (non-hydrogen) atoms. The molecule has 2 aromatic carbocycles. The van der Waals surface area contributed by atoms with Gasteiger partial charge in [0.05, 0.1) is 16.2 Å². The molecular weight excluding hydrogens is 369 g/mol. The molecule has 6 nitrogen and oxygen atoms in total. The number of carbonyl (C=O) groups excluding carboxylic acids is 1. The van der Waals surface area contributed by atoms with Crippen molar-refractivity contribution in [1.82, 2.24) is 10.2 Å². The van der Waals surface area contributed by atoms with E-state index >= 15 is 0 Å². The molecular formula is C19H20FN3O3S. The van der Waals surface area contributed by atoms with Crippen molar-refractivity contribution in [3.8, 4) is 0 Å². The molecule has 0 bridgehead atoms. The third-order valence-electron chi connectivity index (χ3n) is 4.47. The zero-order chi connectivity index (χ0) is 19.4. The van der Waals surface area contributed by atoms with E-state index in [1.165, 1.54) is 36.0 Å². The summed E-state index contributed by atoms with van der Waals surface area (Å²) in [6, 6.07) is 12.3. The maximum Gasteiger partial charge on any atom is 0.269 e. The molecule has 1 heterocycles. The summed E-state index contributed by atoms with van der Waals surface area (Å²) in [5.41, 5.74) is 0.787. The number of hydrogen-bond acceptors (Lipinski definition) is 5. The van der Waals surface area contributed by atoms with Crippen LogP contribution < -0.4 is 5.32 Å². The number of nitrogens with zero attached hydrogens (tertiary/aromatic N) is 2. The number of benzene rings is 2. The first-order chi connectivity index (χ1) is 13.0. The number of nitrogens with one attached hydrogen (secondary N) is 1. The largest absolute Gasteiger partial charge is 0.332 e. The van der Waals surface area contributed by atoms with Crippen LogP contribution in [0.2, 0.25) is 0 Å². The van der Waals surface area contributed by atoms with Gasteiger partial charge < -0.3 is 10.2 Å². The van der Waals surface area contributed by atoms with Crippen molar-refractivity contribution < 1.29 is 14.1 Å². The predicted octanol–water partition coefficient (Wildman–Crippen LogP) is 3.39. The zero-order valence-electron chi connectivity index (χ0n) is 14.8. The van der Waals surface area contributed by atoms with Crippen molar-refractivity contribution in [2.75, 3.05) is 19.6 Å². The molecule has 1 aliphatic rings. The Morgan fingerprint density at radius 2 is 2.07 bits per heavy atom. The van der Waals surface area contributed by atoms with Crippen molar-refractivity contribution in [3.05, 3.63) is 70.0 Å². The third-order valence-corrected chi connectivity index (χ3v) is 5.57. The second-order valence-corrected chi connectivity index (χ2v) is 7.73. The topological polar surface area (TPSA) is 75.5 Å². The first-order valence-corrected chi connectivity index (χ1v) is 9.51. The van der Waals surface area contributed by atoms with Gasteiger partial charge in [0.25, 0.3) is 5.69 Å². The number of nitro groups is 1. The van der Waals surface area contributed by atoms with Crippen LogP contribution in [0.3, 0.4) is 0 Å². The number of non-ortho nitro benzene ring substituents is 1. The molecule has 2 atom stereocenters. The van der Waals surface area contributed by atoms with Crippen molar-refractivity contribution >= 4 is 23.4 Å². The van der Waals surface area contributed by atoms with Crippen molar-refractivity contribution in [1.29, 1.82) is 0 Å². The van der Waals surface area contributed by atoms with Crippen LogP contribution in [0.15, 0.2) is 53.4 Å². The van der Waals surface area contributed by atoms with E-state index in [2.05, 4.69) is 5.32 Å². The summed E-state index contributed by atoms with van der Waals surface area (Å²) in [6.45, 7) is 3.63. The summed E-state index contributed by atoms with van der Waals surface area (Å²) in [4.78, 5) is 25.9. The van der Waals surface area contributed by atoms with Crippen LogP contribution in [0, 0.1) is 15.9 Å². The number of nitro benzene ring substituents is 1. The van der Waals surface area contributed by atoms with Crippen molar-refractivity contribution in [2.24, 2.45) is 0 Å². The Balaban J connectivity index is 1.72. The van der Waals surface area contributed by atoms with Gasteiger partial charge in [-0.2, -0.15) is 0 Å². The van der Waals surface area contributed by atoms with E-state index < -0.39 is 4.92 Å². The Kier molecular flexibility index (Phi) is 6.08. The lowest BCUT2D eigenvalue weighted by Crippen LogP contribution is -2.50. The van der Waals surface area contributed by atoms with Crippen LogP contribution in [0.1, 0.15) is 18.5 Å². The van der Waals surface area contributed by atoms with Gasteiger partial charge in [0.15, 0.2) is 0 Å². The van der Waals surface area contributed by atoms with Crippen molar-refractivity contribution in [2.45, 2.75) is 23.1 Å². The molecule has 3 rings (SSSR count). The van der Waals surface area contributed by atoms with E-state index in [4.69, 9.17) is 0 Å². The van der Waals surface area contributed by atoms with E-state index in [9.17, 15) is 19.3 Å². The maximum absolute atomic E-state index is 13.6. The second kappa shape index (κ2) is 8.49. The molecule has 0 spiro atoms. The van der Waals surface area contributed by atoms with Gasteiger partial charge in [0, 0.05) is 36.7 Å². The van der Waals surface area contributed by atoms with Crippen molar-refractivity contribution in [3.63, 3.8) is 0 Å². The molecule has 8 heteroatoms. The number of rotatable bonds is 5. The molecule has 0 saturated carbocycles. The highest BCUT2D eigenvalue weighted by molar-refractivity contribution is 8.00. The van der Waals surface area contributed by atoms with E-state index in [-0.39, 0.29) is 28.7 Å². The maximum atomic E-state index is 13.6. The quantitative estimate of drug-likeness (QED) is 0.482. The fourth-order valence-electron chi connectivity index (χ4n) is 3.11. The summed E-state index contributed by atoms with van der Waals surface area (Å²) >= 11 is 1.36. The molecule has 1 saturated heterocycles. The SMILES string of the molecule is CC(Sc1ccc([N+](=O)[O-])cc1)C(=O)N1CCNCC1c1cccc(F)c1. The van der Waals surface area contributed by atoms with E-state index in [0.29, 0.717) is 19.6 Å². The molecule has 0 aromatic heterocycles. The third kappa shape index (κ3) is 4.64. The van der Waals surface area contributed by atoms with Gasteiger partial charge in [-0.3, -0.25) is 14.9 Å². The normalized spacial score (nSPS) is 18.1. The first kappa shape index (κ1) is 19.3. The van der Waals surface area contributed by atoms with Gasteiger partial charge >= 0.3 is 0 Å². The fraction of sp³-hybridized carbons (Fsp3) is 0.316. The number of amides is 1. The van der Waals surface area contributed by atoms with Crippen LogP contribution >= 0.6 is 11.8 Å².